The molecule has 0 heterocycles. The van der Waals surface area contributed by atoms with E-state index < -0.39 is 34.2 Å². The molecule has 0 aromatic rings. The Morgan fingerprint density at radius 1 is 0.632 bits per heavy atom. The van der Waals surface area contributed by atoms with E-state index in [1.54, 1.807) is 0 Å². The fourth-order valence-electron chi connectivity index (χ4n) is 0.763. The Kier molecular flexibility index (Phi) is 4.47. The third-order valence-corrected chi connectivity index (χ3v) is 3.03. The van der Waals surface area contributed by atoms with E-state index in [0.29, 0.717) is 0 Å². The maximum Gasteiger partial charge on any atom is 0.458 e. The molecule has 0 nitrogen and oxygen atoms in total. The standard InChI is InChI=1S/C6ClF11S/c7-2(4(10,11)12,5(13,14)15)1(19)3(8,9)6(16,17)18. The summed E-state index contributed by atoms with van der Waals surface area (Å²) in [7, 11) is 0. The van der Waals surface area contributed by atoms with E-state index in [2.05, 4.69) is 23.8 Å². The molecule has 0 amide bonds. The summed E-state index contributed by atoms with van der Waals surface area (Å²) in [5.41, 5.74) is 0. The monoisotopic (exact) mass is 348 g/mol. The first kappa shape index (κ1) is 18.6. The van der Waals surface area contributed by atoms with E-state index in [0.717, 1.165) is 0 Å². The van der Waals surface area contributed by atoms with Gasteiger partial charge in [0, 0.05) is 0 Å². The predicted octanol–water partition coefficient (Wildman–Crippen LogP) is 4.66. The van der Waals surface area contributed by atoms with Crippen molar-refractivity contribution in [2.24, 2.45) is 0 Å². The summed E-state index contributed by atoms with van der Waals surface area (Å²) >= 11 is 6.99. The van der Waals surface area contributed by atoms with Gasteiger partial charge in [-0.15, -0.1) is 0 Å². The average Bonchev–Trinajstić information content (AvgIpc) is 2.09. The van der Waals surface area contributed by atoms with Crippen LogP contribution in [0.4, 0.5) is 48.3 Å². The van der Waals surface area contributed by atoms with Crippen LogP contribution in [-0.2, 0) is 0 Å². The summed E-state index contributed by atoms with van der Waals surface area (Å²) < 4.78 is 133. The second-order valence-electron chi connectivity index (χ2n) is 3.06. The van der Waals surface area contributed by atoms with E-state index in [1.807, 2.05) is 0 Å². The molecule has 0 atom stereocenters. The molecule has 0 unspecified atom stereocenters. The molecule has 0 bridgehead atoms. The first-order chi connectivity index (χ1) is 7.90. The Balaban J connectivity index is 6.06. The highest BCUT2D eigenvalue weighted by Crippen LogP contribution is 2.54. The van der Waals surface area contributed by atoms with Gasteiger partial charge >= 0.3 is 24.5 Å². The van der Waals surface area contributed by atoms with Crippen molar-refractivity contribution >= 4 is 28.7 Å². The maximum absolute atomic E-state index is 12.5. The molecule has 0 saturated carbocycles. The molecule has 0 rings (SSSR count). The normalized spacial score (nSPS) is 15.6. The number of hydrogen-bond acceptors (Lipinski definition) is 1. The van der Waals surface area contributed by atoms with Gasteiger partial charge in [-0.2, -0.15) is 48.3 Å². The highest BCUT2D eigenvalue weighted by atomic mass is 35.5. The van der Waals surface area contributed by atoms with Crippen LogP contribution in [0.25, 0.3) is 0 Å². The van der Waals surface area contributed by atoms with Crippen molar-refractivity contribution in [1.82, 2.24) is 0 Å². The summed E-state index contributed by atoms with van der Waals surface area (Å²) in [4.78, 5) is -9.72. The quantitative estimate of drug-likeness (QED) is 0.397. The van der Waals surface area contributed by atoms with Gasteiger partial charge in [-0.1, -0.05) is 23.8 Å². The molecule has 0 fully saturated rings. The van der Waals surface area contributed by atoms with Gasteiger partial charge in [0.15, 0.2) is 0 Å². The Morgan fingerprint density at radius 2 is 0.895 bits per heavy atom. The number of alkyl halides is 12. The van der Waals surface area contributed by atoms with Gasteiger partial charge in [0.05, 0.1) is 0 Å². The lowest BCUT2D eigenvalue weighted by Gasteiger charge is -2.35. The van der Waals surface area contributed by atoms with Crippen molar-refractivity contribution < 1.29 is 48.3 Å². The topological polar surface area (TPSA) is 0 Å². The molecule has 0 N–H and O–H groups in total. The van der Waals surface area contributed by atoms with Crippen LogP contribution in [0.5, 0.6) is 0 Å². The molecular weight excluding hydrogens is 349 g/mol. The minimum absolute atomic E-state index is 3.03. The lowest BCUT2D eigenvalue weighted by atomic mass is 9.97. The first-order valence-corrected chi connectivity index (χ1v) is 4.51. The molecular formula is C6ClF11S. The smallest absolute Gasteiger partial charge is 0.190 e. The van der Waals surface area contributed by atoms with Crippen LogP contribution in [0.3, 0.4) is 0 Å². The molecule has 0 aliphatic rings. The van der Waals surface area contributed by atoms with E-state index in [4.69, 9.17) is 0 Å². The van der Waals surface area contributed by atoms with Gasteiger partial charge in [-0.25, -0.2) is 0 Å². The van der Waals surface area contributed by atoms with E-state index in [9.17, 15) is 48.3 Å². The highest BCUT2D eigenvalue weighted by Gasteiger charge is 2.79. The first-order valence-electron chi connectivity index (χ1n) is 3.72. The molecule has 19 heavy (non-hydrogen) atoms. The van der Waals surface area contributed by atoms with Crippen molar-refractivity contribution in [1.29, 1.82) is 0 Å². The fraction of sp³-hybridized carbons (Fsp3) is 0.833. The minimum atomic E-state index is -6.75. The van der Waals surface area contributed by atoms with Crippen LogP contribution in [0.2, 0.25) is 0 Å². The van der Waals surface area contributed by atoms with Crippen LogP contribution < -0.4 is 0 Å². The van der Waals surface area contributed by atoms with Crippen LogP contribution >= 0.6 is 23.8 Å². The fourth-order valence-corrected chi connectivity index (χ4v) is 1.23. The lowest BCUT2D eigenvalue weighted by molar-refractivity contribution is -0.270. The van der Waals surface area contributed by atoms with Gasteiger partial charge in [-0.05, 0) is 0 Å². The van der Waals surface area contributed by atoms with Crippen LogP contribution in [0, 0.1) is 0 Å². The molecule has 0 radical (unpaired) electrons. The molecule has 0 aliphatic heterocycles. The van der Waals surface area contributed by atoms with E-state index in [1.165, 1.54) is 0 Å². The molecule has 0 saturated heterocycles. The minimum Gasteiger partial charge on any atom is -0.190 e. The molecule has 0 aromatic heterocycles. The zero-order valence-electron chi connectivity index (χ0n) is 7.94. The van der Waals surface area contributed by atoms with E-state index >= 15 is 0 Å². The number of rotatable bonds is 2. The largest absolute Gasteiger partial charge is 0.458 e. The summed E-state index contributed by atoms with van der Waals surface area (Å²) in [6.07, 6.45) is -20.1. The highest BCUT2D eigenvalue weighted by molar-refractivity contribution is 7.81. The van der Waals surface area contributed by atoms with Crippen molar-refractivity contribution in [2.75, 3.05) is 0 Å². The Hall–Kier alpha value is -0.390. The third-order valence-electron chi connectivity index (χ3n) is 1.74. The summed E-state index contributed by atoms with van der Waals surface area (Å²) in [6.45, 7) is 0. The molecule has 0 spiro atoms. The van der Waals surface area contributed by atoms with Crippen LogP contribution in [-0.4, -0.2) is 34.2 Å². The molecule has 114 valence electrons. The number of hydrogen-bond donors (Lipinski definition) is 0. The number of thiocarbonyl (C=S) groups is 1. The van der Waals surface area contributed by atoms with Crippen molar-refractivity contribution in [2.45, 2.75) is 29.3 Å². The molecule has 0 aliphatic carbocycles. The summed E-state index contributed by atoms with van der Waals surface area (Å²) in [6, 6.07) is 0. The van der Waals surface area contributed by atoms with Crippen molar-refractivity contribution in [3.63, 3.8) is 0 Å². The van der Waals surface area contributed by atoms with Gasteiger partial charge < -0.3 is 0 Å². The summed E-state index contributed by atoms with van der Waals surface area (Å²) in [5, 5.41) is 0. The average molecular weight is 349 g/mol. The zero-order chi connectivity index (χ0) is 16.1. The third kappa shape index (κ3) is 2.88. The predicted molar refractivity (Wildman–Crippen MR) is 44.3 cm³/mol. The maximum atomic E-state index is 12.5. The van der Waals surface area contributed by atoms with Crippen LogP contribution in [0.1, 0.15) is 0 Å². The van der Waals surface area contributed by atoms with Gasteiger partial charge in [-0.3, -0.25) is 0 Å². The Morgan fingerprint density at radius 3 is 1.05 bits per heavy atom. The zero-order valence-corrected chi connectivity index (χ0v) is 9.52. The Labute approximate surface area is 107 Å². The van der Waals surface area contributed by atoms with Gasteiger partial charge in [0.1, 0.15) is 4.86 Å². The van der Waals surface area contributed by atoms with Crippen molar-refractivity contribution in [3.8, 4) is 0 Å². The van der Waals surface area contributed by atoms with Gasteiger partial charge in [0.2, 0.25) is 0 Å². The molecule has 13 heteroatoms. The molecule has 0 aromatic carbocycles. The SMILES string of the molecule is FC(F)(F)C(F)(F)C(=S)C(Cl)(C(F)(F)F)C(F)(F)F. The summed E-state index contributed by atoms with van der Waals surface area (Å²) in [5.74, 6) is -6.55. The van der Waals surface area contributed by atoms with Crippen LogP contribution in [0.15, 0.2) is 0 Å². The van der Waals surface area contributed by atoms with Crippen molar-refractivity contribution in [3.05, 3.63) is 0 Å². The lowest BCUT2D eigenvalue weighted by Crippen LogP contribution is -2.64. The van der Waals surface area contributed by atoms with E-state index in [-0.39, 0.29) is 0 Å². The van der Waals surface area contributed by atoms with Gasteiger partial charge in [0.25, 0.3) is 4.87 Å². The number of halogens is 12. The second-order valence-corrected chi connectivity index (χ2v) is 4.03. The Bertz CT molecular complexity index is 347. The second kappa shape index (κ2) is 4.57.